The zero-order valence-corrected chi connectivity index (χ0v) is 31.1. The van der Waals surface area contributed by atoms with Crippen LogP contribution in [0, 0.1) is 0 Å². The fourth-order valence-electron chi connectivity index (χ4n) is 7.70. The lowest BCUT2D eigenvalue weighted by Crippen LogP contribution is -2.55. The standard InChI is InChI=1S/C49H26B5N3O/c50-41-40(42(51)44(53)45(54)43(41)52)49-56-47(30-20-18-29(19-21-30)27-10-3-1-4-11-27)55-48(57-49)35-23-33(28-12-5-2-6-13-28)22-34(24-35)36-16-9-17-37-38-25-31-14-7-8-15-32(31)26-39(38)58-46(36)37/h1-26H. The number of benzene rings is 8. The Morgan fingerprint density at radius 3 is 1.52 bits per heavy atom. The lowest BCUT2D eigenvalue weighted by molar-refractivity contribution is 0.670. The number of furan rings is 1. The van der Waals surface area contributed by atoms with Crippen molar-refractivity contribution in [1.82, 2.24) is 15.0 Å². The van der Waals surface area contributed by atoms with Gasteiger partial charge in [0.1, 0.15) is 50.4 Å². The van der Waals surface area contributed by atoms with Gasteiger partial charge in [-0.05, 0) is 68.9 Å². The van der Waals surface area contributed by atoms with Crippen LogP contribution >= 0.6 is 0 Å². The van der Waals surface area contributed by atoms with E-state index >= 15 is 0 Å². The van der Waals surface area contributed by atoms with E-state index in [0.717, 1.165) is 77.2 Å². The third-order valence-electron chi connectivity index (χ3n) is 10.8. The first-order valence-corrected chi connectivity index (χ1v) is 18.8. The Morgan fingerprint density at radius 1 is 0.345 bits per heavy atom. The molecule has 4 nitrogen and oxygen atoms in total. The van der Waals surface area contributed by atoms with Crippen molar-refractivity contribution >= 4 is 99.3 Å². The lowest BCUT2D eigenvalue weighted by atomic mass is 9.60. The van der Waals surface area contributed by atoms with E-state index < -0.39 is 0 Å². The Kier molecular flexibility index (Phi) is 8.75. The van der Waals surface area contributed by atoms with E-state index in [1.165, 1.54) is 0 Å². The summed E-state index contributed by atoms with van der Waals surface area (Å²) >= 11 is 0. The van der Waals surface area contributed by atoms with Crippen LogP contribution in [0.5, 0.6) is 0 Å². The van der Waals surface area contributed by atoms with Gasteiger partial charge in [-0.1, -0.05) is 138 Å². The molecule has 0 saturated carbocycles. The van der Waals surface area contributed by atoms with Crippen molar-refractivity contribution in [2.24, 2.45) is 0 Å². The van der Waals surface area contributed by atoms with Crippen LogP contribution in [0.3, 0.4) is 0 Å². The second-order valence-electron chi connectivity index (χ2n) is 14.3. The van der Waals surface area contributed by atoms with Crippen molar-refractivity contribution < 1.29 is 4.42 Å². The second-order valence-corrected chi connectivity index (χ2v) is 14.3. The quantitative estimate of drug-likeness (QED) is 0.175. The number of fused-ring (bicyclic) bond motifs is 4. The maximum absolute atomic E-state index is 6.69. The number of hydrogen-bond acceptors (Lipinski definition) is 4. The summed E-state index contributed by atoms with van der Waals surface area (Å²) in [6.45, 7) is 0. The average Bonchev–Trinajstić information content (AvgIpc) is 3.65. The third-order valence-corrected chi connectivity index (χ3v) is 10.8. The molecule has 0 fully saturated rings. The van der Waals surface area contributed by atoms with Gasteiger partial charge >= 0.3 is 0 Å². The molecule has 0 aliphatic carbocycles. The van der Waals surface area contributed by atoms with Crippen LogP contribution in [-0.2, 0) is 0 Å². The predicted octanol–water partition coefficient (Wildman–Crippen LogP) is 6.90. The van der Waals surface area contributed by atoms with Gasteiger partial charge in [0.05, 0.1) is 0 Å². The van der Waals surface area contributed by atoms with E-state index in [2.05, 4.69) is 91.0 Å². The number of nitrogens with zero attached hydrogens (tertiary/aromatic N) is 3. The summed E-state index contributed by atoms with van der Waals surface area (Å²) in [4.78, 5) is 15.1. The minimum absolute atomic E-state index is 0.109. The topological polar surface area (TPSA) is 51.8 Å². The van der Waals surface area contributed by atoms with Gasteiger partial charge in [-0.3, -0.25) is 0 Å². The molecule has 9 heteroatoms. The van der Waals surface area contributed by atoms with E-state index in [0.29, 0.717) is 11.6 Å². The molecule has 10 aromatic rings. The molecule has 0 aliphatic rings. The molecule has 0 aliphatic heterocycles. The monoisotopic (exact) mass is 727 g/mol. The van der Waals surface area contributed by atoms with Crippen LogP contribution in [-0.4, -0.2) is 54.2 Å². The summed E-state index contributed by atoms with van der Waals surface area (Å²) in [7, 11) is 32.2. The molecule has 258 valence electrons. The fourth-order valence-corrected chi connectivity index (χ4v) is 7.70. The van der Waals surface area contributed by atoms with E-state index in [1.807, 2.05) is 66.7 Å². The van der Waals surface area contributed by atoms with Gasteiger partial charge < -0.3 is 4.42 Å². The highest BCUT2D eigenvalue weighted by Gasteiger charge is 2.20. The maximum atomic E-state index is 6.69. The normalized spacial score (nSPS) is 11.4. The van der Waals surface area contributed by atoms with Crippen LogP contribution in [0.4, 0.5) is 0 Å². The van der Waals surface area contributed by atoms with Gasteiger partial charge in [0.25, 0.3) is 0 Å². The molecule has 10 radical (unpaired) electrons. The average molecular weight is 727 g/mol. The SMILES string of the molecule is [B]c1c([B])c([B])c(-c2nc(-c3ccc(-c4ccccc4)cc3)nc(-c3cc(-c4ccccc4)cc(-c4cccc5c4oc4cc6ccccc6cc45)c3)n2)c([B])c1[B]. The Morgan fingerprint density at radius 2 is 0.845 bits per heavy atom. The highest BCUT2D eigenvalue weighted by molar-refractivity contribution is 6.68. The lowest BCUT2D eigenvalue weighted by Gasteiger charge is -2.21. The van der Waals surface area contributed by atoms with E-state index in [1.54, 1.807) is 0 Å². The summed E-state index contributed by atoms with van der Waals surface area (Å²) in [6, 6.07) is 53.6. The van der Waals surface area contributed by atoms with Gasteiger partial charge in [-0.25, -0.2) is 15.0 Å². The summed E-state index contributed by atoms with van der Waals surface area (Å²) < 4.78 is 6.69. The molecule has 0 amide bonds. The van der Waals surface area contributed by atoms with Crippen LogP contribution < -0.4 is 27.3 Å². The minimum Gasteiger partial charge on any atom is -0.455 e. The molecule has 0 spiro atoms. The highest BCUT2D eigenvalue weighted by atomic mass is 16.3. The molecule has 0 saturated heterocycles. The van der Waals surface area contributed by atoms with E-state index in [-0.39, 0.29) is 38.7 Å². The molecular weight excluding hydrogens is 701 g/mol. The first kappa shape index (κ1) is 35.6. The molecule has 0 bridgehead atoms. The molecule has 0 atom stereocenters. The second kappa shape index (κ2) is 14.3. The Hall–Kier alpha value is -6.85. The highest BCUT2D eigenvalue weighted by Crippen LogP contribution is 2.40. The predicted molar refractivity (Wildman–Crippen MR) is 244 cm³/mol. The maximum Gasteiger partial charge on any atom is 0.164 e. The first-order chi connectivity index (χ1) is 28.3. The number of rotatable bonds is 6. The number of para-hydroxylation sites is 1. The zero-order valence-electron chi connectivity index (χ0n) is 31.1. The summed E-state index contributed by atoms with van der Waals surface area (Å²) in [5.74, 6) is 1.01. The van der Waals surface area contributed by atoms with Gasteiger partial charge in [0, 0.05) is 33.0 Å². The van der Waals surface area contributed by atoms with Gasteiger partial charge in [0.2, 0.25) is 0 Å². The summed E-state index contributed by atoms with van der Waals surface area (Å²) in [5.41, 5.74) is 9.96. The van der Waals surface area contributed by atoms with Crippen molar-refractivity contribution in [1.29, 1.82) is 0 Å². The fraction of sp³-hybridized carbons (Fsp3) is 0. The summed E-state index contributed by atoms with van der Waals surface area (Å²) in [6.07, 6.45) is 0. The smallest absolute Gasteiger partial charge is 0.164 e. The molecular formula is C49H26B5N3O. The molecule has 10 rings (SSSR count). The molecule has 0 N–H and O–H groups in total. The molecule has 8 aromatic carbocycles. The number of hydrogen-bond donors (Lipinski definition) is 0. The van der Waals surface area contributed by atoms with Crippen LogP contribution in [0.2, 0.25) is 0 Å². The van der Waals surface area contributed by atoms with Crippen molar-refractivity contribution in [2.45, 2.75) is 0 Å². The first-order valence-electron chi connectivity index (χ1n) is 18.8. The molecule has 2 aromatic heterocycles. The molecule has 0 unspecified atom stereocenters. The van der Waals surface area contributed by atoms with E-state index in [4.69, 9.17) is 58.6 Å². The van der Waals surface area contributed by atoms with Crippen molar-refractivity contribution in [3.05, 3.63) is 158 Å². The molecule has 58 heavy (non-hydrogen) atoms. The molecule has 2 heterocycles. The van der Waals surface area contributed by atoms with E-state index in [9.17, 15) is 0 Å². The van der Waals surface area contributed by atoms with Gasteiger partial charge in [0.15, 0.2) is 17.5 Å². The van der Waals surface area contributed by atoms with Crippen molar-refractivity contribution in [3.63, 3.8) is 0 Å². The van der Waals surface area contributed by atoms with Crippen LogP contribution in [0.25, 0.3) is 100 Å². The Balaban J connectivity index is 1.21. The van der Waals surface area contributed by atoms with Crippen molar-refractivity contribution in [2.75, 3.05) is 0 Å². The van der Waals surface area contributed by atoms with Gasteiger partial charge in [-0.2, -0.15) is 0 Å². The Bertz CT molecular complexity index is 3190. The summed E-state index contributed by atoms with van der Waals surface area (Å²) in [5, 5.41) is 4.35. The van der Waals surface area contributed by atoms with Crippen LogP contribution in [0.15, 0.2) is 162 Å². The zero-order chi connectivity index (χ0) is 39.5. The Labute approximate surface area is 342 Å². The third kappa shape index (κ3) is 6.15. The number of aromatic nitrogens is 3. The largest absolute Gasteiger partial charge is 0.455 e. The van der Waals surface area contributed by atoms with Gasteiger partial charge in [-0.15, -0.1) is 16.4 Å². The minimum atomic E-state index is 0.109. The van der Waals surface area contributed by atoms with Crippen molar-refractivity contribution in [3.8, 4) is 67.5 Å². The van der Waals surface area contributed by atoms with Crippen LogP contribution in [0.1, 0.15) is 0 Å².